The van der Waals surface area contributed by atoms with Gasteiger partial charge in [-0.15, -0.1) is 0 Å². The molecule has 0 aromatic heterocycles. The van der Waals surface area contributed by atoms with Crippen LogP contribution in [0.4, 0.5) is 0 Å². The van der Waals surface area contributed by atoms with Gasteiger partial charge < -0.3 is 5.11 Å². The molecule has 1 aromatic carbocycles. The molecule has 1 unspecified atom stereocenters. The van der Waals surface area contributed by atoms with Gasteiger partial charge in [0.2, 0.25) is 0 Å². The van der Waals surface area contributed by atoms with Crippen molar-refractivity contribution in [1.29, 1.82) is 0 Å². The van der Waals surface area contributed by atoms with Crippen LogP contribution in [0.3, 0.4) is 0 Å². The standard InChI is InChI=1S/C13H13ClO2/c14-12-4-2-1-3-11(12)10-6-5-9(7-10)8-13(15)16/h1-4,8,10H,5-7H2,(H,15,16)/b9-8+. The highest BCUT2D eigenvalue weighted by Gasteiger charge is 2.23. The van der Waals surface area contributed by atoms with Gasteiger partial charge in [0.15, 0.2) is 0 Å². The first kappa shape index (κ1) is 11.2. The SMILES string of the molecule is O=C(O)/C=C1\CCC(c2ccccc2Cl)C1. The average Bonchev–Trinajstić information content (AvgIpc) is 2.66. The molecule has 0 heterocycles. The van der Waals surface area contributed by atoms with E-state index in [9.17, 15) is 4.79 Å². The van der Waals surface area contributed by atoms with Crippen LogP contribution in [0.15, 0.2) is 35.9 Å². The van der Waals surface area contributed by atoms with E-state index < -0.39 is 5.97 Å². The number of rotatable bonds is 2. The van der Waals surface area contributed by atoms with E-state index in [0.717, 1.165) is 35.4 Å². The van der Waals surface area contributed by atoms with Gasteiger partial charge in [0, 0.05) is 11.1 Å². The lowest BCUT2D eigenvalue weighted by Crippen LogP contribution is -1.93. The first-order chi connectivity index (χ1) is 7.66. The molecule has 0 saturated heterocycles. The fourth-order valence-corrected chi connectivity index (χ4v) is 2.55. The zero-order valence-corrected chi connectivity index (χ0v) is 9.57. The fourth-order valence-electron chi connectivity index (χ4n) is 2.26. The van der Waals surface area contributed by atoms with Gasteiger partial charge in [-0.2, -0.15) is 0 Å². The van der Waals surface area contributed by atoms with E-state index in [2.05, 4.69) is 0 Å². The Morgan fingerprint density at radius 2 is 2.19 bits per heavy atom. The van der Waals surface area contributed by atoms with E-state index in [-0.39, 0.29) is 0 Å². The summed E-state index contributed by atoms with van der Waals surface area (Å²) in [5.41, 5.74) is 2.15. The minimum absolute atomic E-state index is 0.374. The van der Waals surface area contributed by atoms with Crippen LogP contribution < -0.4 is 0 Å². The third kappa shape index (κ3) is 2.45. The summed E-state index contributed by atoms with van der Waals surface area (Å²) in [5.74, 6) is -0.478. The predicted octanol–water partition coefficient (Wildman–Crippen LogP) is 3.62. The van der Waals surface area contributed by atoms with E-state index in [1.807, 2.05) is 24.3 Å². The van der Waals surface area contributed by atoms with Gasteiger partial charge in [0.1, 0.15) is 0 Å². The number of carboxylic acids is 1. The summed E-state index contributed by atoms with van der Waals surface area (Å²) >= 11 is 6.12. The minimum Gasteiger partial charge on any atom is -0.478 e. The van der Waals surface area contributed by atoms with E-state index in [0.29, 0.717) is 5.92 Å². The molecule has 2 nitrogen and oxygen atoms in total. The Labute approximate surface area is 99.5 Å². The Bertz CT molecular complexity index is 437. The smallest absolute Gasteiger partial charge is 0.328 e. The van der Waals surface area contributed by atoms with Gasteiger partial charge in [0.05, 0.1) is 0 Å². The molecule has 84 valence electrons. The third-order valence-electron chi connectivity index (χ3n) is 3.00. The van der Waals surface area contributed by atoms with Crippen molar-refractivity contribution >= 4 is 17.6 Å². The molecule has 1 fully saturated rings. The molecule has 16 heavy (non-hydrogen) atoms. The van der Waals surface area contributed by atoms with Crippen molar-refractivity contribution in [2.24, 2.45) is 0 Å². The van der Waals surface area contributed by atoms with Crippen LogP contribution in [0.5, 0.6) is 0 Å². The molecule has 0 amide bonds. The Balaban J connectivity index is 2.15. The molecule has 0 bridgehead atoms. The largest absolute Gasteiger partial charge is 0.478 e. The van der Waals surface area contributed by atoms with Crippen LogP contribution in [-0.2, 0) is 4.79 Å². The van der Waals surface area contributed by atoms with Crippen molar-refractivity contribution in [2.75, 3.05) is 0 Å². The molecule has 1 saturated carbocycles. The average molecular weight is 237 g/mol. The second kappa shape index (κ2) is 4.71. The highest BCUT2D eigenvalue weighted by Crippen LogP contribution is 2.40. The summed E-state index contributed by atoms with van der Waals surface area (Å²) < 4.78 is 0. The summed E-state index contributed by atoms with van der Waals surface area (Å²) in [6.45, 7) is 0. The minimum atomic E-state index is -0.852. The molecule has 2 rings (SSSR count). The summed E-state index contributed by atoms with van der Waals surface area (Å²) in [4.78, 5) is 10.6. The van der Waals surface area contributed by atoms with Crippen LogP contribution in [0.2, 0.25) is 5.02 Å². The number of hydrogen-bond acceptors (Lipinski definition) is 1. The molecule has 1 aromatic rings. The molecule has 1 aliphatic carbocycles. The second-order valence-corrected chi connectivity index (χ2v) is 4.51. The number of allylic oxidation sites excluding steroid dienone is 1. The molecular weight excluding hydrogens is 224 g/mol. The molecular formula is C13H13ClO2. The molecule has 0 aliphatic heterocycles. The Morgan fingerprint density at radius 1 is 1.44 bits per heavy atom. The highest BCUT2D eigenvalue weighted by molar-refractivity contribution is 6.31. The number of carboxylic acid groups (broad SMARTS) is 1. The summed E-state index contributed by atoms with van der Waals surface area (Å²) in [7, 11) is 0. The van der Waals surface area contributed by atoms with E-state index >= 15 is 0 Å². The topological polar surface area (TPSA) is 37.3 Å². The summed E-state index contributed by atoms with van der Waals surface area (Å²) in [5, 5.41) is 9.46. The van der Waals surface area contributed by atoms with Gasteiger partial charge in [-0.3, -0.25) is 0 Å². The Morgan fingerprint density at radius 3 is 2.88 bits per heavy atom. The van der Waals surface area contributed by atoms with E-state index in [4.69, 9.17) is 16.7 Å². The molecule has 0 spiro atoms. The highest BCUT2D eigenvalue weighted by atomic mass is 35.5. The zero-order valence-electron chi connectivity index (χ0n) is 8.82. The maximum Gasteiger partial charge on any atom is 0.328 e. The number of aliphatic carboxylic acids is 1. The lowest BCUT2D eigenvalue weighted by Gasteiger charge is -2.10. The maximum absolute atomic E-state index is 10.6. The van der Waals surface area contributed by atoms with Crippen molar-refractivity contribution in [2.45, 2.75) is 25.2 Å². The maximum atomic E-state index is 10.6. The van der Waals surface area contributed by atoms with Crippen LogP contribution in [-0.4, -0.2) is 11.1 Å². The van der Waals surface area contributed by atoms with Crippen LogP contribution in [0, 0.1) is 0 Å². The van der Waals surface area contributed by atoms with Crippen molar-refractivity contribution in [3.63, 3.8) is 0 Å². The van der Waals surface area contributed by atoms with Crippen molar-refractivity contribution < 1.29 is 9.90 Å². The Kier molecular flexibility index (Phi) is 3.30. The first-order valence-electron chi connectivity index (χ1n) is 5.33. The van der Waals surface area contributed by atoms with E-state index in [1.54, 1.807) is 0 Å². The number of hydrogen-bond donors (Lipinski definition) is 1. The fraction of sp³-hybridized carbons (Fsp3) is 0.308. The lowest BCUT2D eigenvalue weighted by molar-refractivity contribution is -0.131. The van der Waals surface area contributed by atoms with Gasteiger partial charge in [-0.25, -0.2) is 4.79 Å². The quantitative estimate of drug-likeness (QED) is 0.797. The monoisotopic (exact) mass is 236 g/mol. The van der Waals surface area contributed by atoms with E-state index in [1.165, 1.54) is 6.08 Å². The lowest BCUT2D eigenvalue weighted by atomic mass is 9.97. The predicted molar refractivity (Wildman–Crippen MR) is 63.8 cm³/mol. The molecule has 1 atom stereocenters. The summed E-state index contributed by atoms with van der Waals surface area (Å²) in [6, 6.07) is 7.79. The van der Waals surface area contributed by atoms with Crippen molar-refractivity contribution in [1.82, 2.24) is 0 Å². The normalized spacial score (nSPS) is 22.6. The first-order valence-corrected chi connectivity index (χ1v) is 5.71. The van der Waals surface area contributed by atoms with Crippen LogP contribution >= 0.6 is 11.6 Å². The number of benzene rings is 1. The van der Waals surface area contributed by atoms with Crippen LogP contribution in [0.25, 0.3) is 0 Å². The van der Waals surface area contributed by atoms with Crippen molar-refractivity contribution in [3.8, 4) is 0 Å². The number of carbonyl (C=O) groups is 1. The van der Waals surface area contributed by atoms with Crippen LogP contribution in [0.1, 0.15) is 30.7 Å². The molecule has 1 aliphatic rings. The van der Waals surface area contributed by atoms with Crippen molar-refractivity contribution in [3.05, 3.63) is 46.5 Å². The second-order valence-electron chi connectivity index (χ2n) is 4.10. The molecule has 0 radical (unpaired) electrons. The van der Waals surface area contributed by atoms with Gasteiger partial charge >= 0.3 is 5.97 Å². The van der Waals surface area contributed by atoms with Gasteiger partial charge in [0.25, 0.3) is 0 Å². The Hall–Kier alpha value is -1.28. The van der Waals surface area contributed by atoms with Gasteiger partial charge in [-0.05, 0) is 36.8 Å². The molecule has 3 heteroatoms. The zero-order chi connectivity index (χ0) is 11.5. The molecule has 1 N–H and O–H groups in total. The third-order valence-corrected chi connectivity index (χ3v) is 3.34. The number of halogens is 1. The van der Waals surface area contributed by atoms with Gasteiger partial charge in [-0.1, -0.05) is 35.4 Å². The summed E-state index contributed by atoms with van der Waals surface area (Å²) in [6.07, 6.45) is 4.00.